The van der Waals surface area contributed by atoms with E-state index >= 15 is 0 Å². The van der Waals surface area contributed by atoms with Gasteiger partial charge in [-0.15, -0.1) is 0 Å². The summed E-state index contributed by atoms with van der Waals surface area (Å²) in [6.07, 6.45) is 9.16. The van der Waals surface area contributed by atoms with Crippen LogP contribution in [-0.2, 0) is 19.7 Å². The summed E-state index contributed by atoms with van der Waals surface area (Å²) in [7, 11) is -3.41. The zero-order chi connectivity index (χ0) is 18.0. The Hall–Kier alpha value is -0.250. The van der Waals surface area contributed by atoms with Crippen molar-refractivity contribution < 1.29 is 17.9 Å². The molecule has 4 rings (SSSR count). The molecule has 3 heterocycles. The van der Waals surface area contributed by atoms with Gasteiger partial charge in [0.2, 0.25) is 0 Å². The van der Waals surface area contributed by atoms with Gasteiger partial charge in [0.25, 0.3) is 10.2 Å². The van der Waals surface area contributed by atoms with Crippen LogP contribution >= 0.6 is 0 Å². The van der Waals surface area contributed by atoms with Gasteiger partial charge in [-0.05, 0) is 38.1 Å². The molecule has 0 unspecified atom stereocenters. The molecule has 1 saturated carbocycles. The number of hydrogen-bond donors (Lipinski definition) is 1. The second kappa shape index (κ2) is 8.01. The molecule has 1 N–H and O–H groups in total. The predicted molar refractivity (Wildman–Crippen MR) is 98.9 cm³/mol. The maximum Gasteiger partial charge on any atom is 0.279 e. The number of hydrogen-bond acceptors (Lipinski definition) is 5. The number of fused-ring (bicyclic) bond motifs is 1. The van der Waals surface area contributed by atoms with E-state index in [1.165, 1.54) is 38.5 Å². The average molecular weight is 388 g/mol. The summed E-state index contributed by atoms with van der Waals surface area (Å²) in [5, 5.41) is 0. The molecule has 3 saturated heterocycles. The Morgan fingerprint density at radius 1 is 0.962 bits per heavy atom. The molecule has 1 aliphatic carbocycles. The predicted octanol–water partition coefficient (Wildman–Crippen LogP) is 1.31. The van der Waals surface area contributed by atoms with E-state index in [2.05, 4.69) is 9.62 Å². The van der Waals surface area contributed by atoms with Gasteiger partial charge in [-0.25, -0.2) is 4.72 Å². The standard InChI is InChI=1S/C18H33N3O4S/c22-26(23,21-11-7-18(8-12-21)24-14-15-25-18)19-9-13-20-10-3-5-16-4-1-2-6-17(16)20/h16-17,19H,1-15H2/t16-,17-/m1/s1. The molecule has 1 spiro atoms. The normalized spacial score (nSPS) is 33.4. The Morgan fingerprint density at radius 2 is 1.65 bits per heavy atom. The third kappa shape index (κ3) is 4.10. The summed E-state index contributed by atoms with van der Waals surface area (Å²) in [4.78, 5) is 2.53. The lowest BCUT2D eigenvalue weighted by Crippen LogP contribution is -2.53. The van der Waals surface area contributed by atoms with Gasteiger partial charge >= 0.3 is 0 Å². The molecule has 3 aliphatic heterocycles. The van der Waals surface area contributed by atoms with E-state index in [1.807, 2.05) is 0 Å². The lowest BCUT2D eigenvalue weighted by molar-refractivity contribution is -0.179. The average Bonchev–Trinajstić information content (AvgIpc) is 3.10. The summed E-state index contributed by atoms with van der Waals surface area (Å²) in [5.74, 6) is 0.300. The van der Waals surface area contributed by atoms with Crippen LogP contribution in [0.1, 0.15) is 51.4 Å². The fraction of sp³-hybridized carbons (Fsp3) is 1.00. The van der Waals surface area contributed by atoms with Gasteiger partial charge < -0.3 is 9.47 Å². The van der Waals surface area contributed by atoms with Crippen molar-refractivity contribution in [3.8, 4) is 0 Å². The topological polar surface area (TPSA) is 71.1 Å². The van der Waals surface area contributed by atoms with Crippen molar-refractivity contribution in [1.29, 1.82) is 0 Å². The van der Waals surface area contributed by atoms with Gasteiger partial charge in [0.1, 0.15) is 0 Å². The molecule has 0 aromatic heterocycles. The first kappa shape index (κ1) is 19.1. The minimum absolute atomic E-state index is 0.462. The zero-order valence-corrected chi connectivity index (χ0v) is 16.5. The van der Waals surface area contributed by atoms with Crippen molar-refractivity contribution in [3.63, 3.8) is 0 Å². The summed E-state index contributed by atoms with van der Waals surface area (Å²) in [6.45, 7) is 4.59. The Labute approximate surface area is 157 Å². The number of piperidine rings is 2. The summed E-state index contributed by atoms with van der Waals surface area (Å²) in [5.41, 5.74) is 0. The monoisotopic (exact) mass is 387 g/mol. The van der Waals surface area contributed by atoms with Crippen molar-refractivity contribution >= 4 is 10.2 Å². The van der Waals surface area contributed by atoms with Crippen molar-refractivity contribution in [2.75, 3.05) is 45.9 Å². The smallest absolute Gasteiger partial charge is 0.279 e. The van der Waals surface area contributed by atoms with Crippen molar-refractivity contribution in [2.45, 2.75) is 63.2 Å². The first-order valence-electron chi connectivity index (χ1n) is 10.3. The Balaban J connectivity index is 1.25. The van der Waals surface area contributed by atoms with E-state index in [0.717, 1.165) is 19.0 Å². The van der Waals surface area contributed by atoms with Crippen LogP contribution in [0.5, 0.6) is 0 Å². The van der Waals surface area contributed by atoms with E-state index in [0.29, 0.717) is 51.7 Å². The number of nitrogens with one attached hydrogen (secondary N) is 1. The van der Waals surface area contributed by atoms with E-state index in [9.17, 15) is 8.42 Å². The first-order chi connectivity index (χ1) is 12.6. The molecule has 8 heteroatoms. The van der Waals surface area contributed by atoms with Crippen LogP contribution in [0.25, 0.3) is 0 Å². The quantitative estimate of drug-likeness (QED) is 0.770. The van der Waals surface area contributed by atoms with Gasteiger partial charge in [-0.1, -0.05) is 12.8 Å². The molecule has 0 bridgehead atoms. The van der Waals surface area contributed by atoms with Gasteiger partial charge in [-0.2, -0.15) is 12.7 Å². The summed E-state index contributed by atoms with van der Waals surface area (Å²) in [6, 6.07) is 0.675. The van der Waals surface area contributed by atoms with Crippen LogP contribution < -0.4 is 4.72 Å². The molecule has 4 aliphatic rings. The van der Waals surface area contributed by atoms with E-state index in [1.54, 1.807) is 4.31 Å². The van der Waals surface area contributed by atoms with Crippen LogP contribution in [-0.4, -0.2) is 75.4 Å². The van der Waals surface area contributed by atoms with Gasteiger partial charge in [0.05, 0.1) is 13.2 Å². The molecular weight excluding hydrogens is 354 g/mol. The largest absolute Gasteiger partial charge is 0.347 e. The minimum Gasteiger partial charge on any atom is -0.347 e. The number of ether oxygens (including phenoxy) is 2. The van der Waals surface area contributed by atoms with Crippen molar-refractivity contribution in [3.05, 3.63) is 0 Å². The number of nitrogens with zero attached hydrogens (tertiary/aromatic N) is 2. The van der Waals surface area contributed by atoms with Crippen molar-refractivity contribution in [2.24, 2.45) is 5.92 Å². The molecule has 0 amide bonds. The number of rotatable bonds is 5. The SMILES string of the molecule is O=S(=O)(NCCN1CCC[C@H]2CCCC[C@H]21)N1CCC2(CC1)OCCO2. The van der Waals surface area contributed by atoms with E-state index < -0.39 is 16.0 Å². The van der Waals surface area contributed by atoms with Gasteiger partial charge in [-0.3, -0.25) is 4.90 Å². The van der Waals surface area contributed by atoms with Crippen LogP contribution in [0, 0.1) is 5.92 Å². The lowest BCUT2D eigenvalue weighted by Gasteiger charge is -2.44. The highest BCUT2D eigenvalue weighted by Crippen LogP contribution is 2.35. The second-order valence-electron chi connectivity index (χ2n) is 8.20. The fourth-order valence-corrected chi connectivity index (χ4v) is 6.46. The molecule has 7 nitrogen and oxygen atoms in total. The fourth-order valence-electron chi connectivity index (χ4n) is 5.27. The Morgan fingerprint density at radius 3 is 2.42 bits per heavy atom. The highest BCUT2D eigenvalue weighted by atomic mass is 32.2. The van der Waals surface area contributed by atoms with E-state index in [-0.39, 0.29) is 0 Å². The van der Waals surface area contributed by atoms with Crippen LogP contribution in [0.2, 0.25) is 0 Å². The van der Waals surface area contributed by atoms with Crippen molar-refractivity contribution in [1.82, 2.24) is 13.9 Å². The molecule has 4 fully saturated rings. The lowest BCUT2D eigenvalue weighted by atomic mass is 9.78. The third-order valence-corrected chi connectivity index (χ3v) is 8.29. The molecular formula is C18H33N3O4S. The highest BCUT2D eigenvalue weighted by molar-refractivity contribution is 7.87. The minimum atomic E-state index is -3.41. The summed E-state index contributed by atoms with van der Waals surface area (Å²) >= 11 is 0. The molecule has 0 aromatic carbocycles. The van der Waals surface area contributed by atoms with Gasteiger partial charge in [0, 0.05) is 45.1 Å². The van der Waals surface area contributed by atoms with Crippen LogP contribution in [0.15, 0.2) is 0 Å². The molecule has 26 heavy (non-hydrogen) atoms. The number of likely N-dealkylation sites (tertiary alicyclic amines) is 1. The highest BCUT2D eigenvalue weighted by Gasteiger charge is 2.42. The maximum absolute atomic E-state index is 12.6. The van der Waals surface area contributed by atoms with Crippen LogP contribution in [0.3, 0.4) is 0 Å². The maximum atomic E-state index is 12.6. The summed E-state index contributed by atoms with van der Waals surface area (Å²) < 4.78 is 41.0. The third-order valence-electron chi connectivity index (χ3n) is 6.68. The Kier molecular flexibility index (Phi) is 5.88. The Bertz CT molecular complexity index is 567. The molecule has 2 atom stereocenters. The first-order valence-corrected chi connectivity index (χ1v) is 11.8. The zero-order valence-electron chi connectivity index (χ0n) is 15.7. The molecule has 0 radical (unpaired) electrons. The second-order valence-corrected chi connectivity index (χ2v) is 9.95. The molecule has 0 aromatic rings. The van der Waals surface area contributed by atoms with Gasteiger partial charge in [0.15, 0.2) is 5.79 Å². The van der Waals surface area contributed by atoms with Crippen LogP contribution in [0.4, 0.5) is 0 Å². The van der Waals surface area contributed by atoms with E-state index in [4.69, 9.17) is 9.47 Å². The molecule has 150 valence electrons.